The summed E-state index contributed by atoms with van der Waals surface area (Å²) < 4.78 is 5.74. The highest BCUT2D eigenvalue weighted by molar-refractivity contribution is 5.20. The first-order valence-corrected chi connectivity index (χ1v) is 5.95. The Kier molecular flexibility index (Phi) is 5.91. The molecule has 0 saturated carbocycles. The molecule has 83 valence electrons. The van der Waals surface area contributed by atoms with Gasteiger partial charge in [0, 0.05) is 0 Å². The van der Waals surface area contributed by atoms with E-state index in [4.69, 9.17) is 4.74 Å². The third-order valence-corrected chi connectivity index (χ3v) is 2.72. The molecule has 0 fully saturated rings. The number of benzene rings is 1. The molecule has 0 amide bonds. The van der Waals surface area contributed by atoms with Gasteiger partial charge in [-0.25, -0.2) is 0 Å². The molecule has 0 aliphatic rings. The molecule has 0 spiro atoms. The molecule has 1 unspecified atom stereocenters. The van der Waals surface area contributed by atoms with Crippen molar-refractivity contribution in [3.05, 3.63) is 30.3 Å². The third-order valence-electron chi connectivity index (χ3n) is 2.72. The topological polar surface area (TPSA) is 9.23 Å². The molecule has 1 nitrogen and oxygen atoms in total. The molecule has 0 heterocycles. The highest BCUT2D eigenvalue weighted by Gasteiger charge is 2.06. The first kappa shape index (κ1) is 12.1. The summed E-state index contributed by atoms with van der Waals surface area (Å²) in [6.07, 6.45) is 5.08. The quantitative estimate of drug-likeness (QED) is 0.651. The van der Waals surface area contributed by atoms with E-state index in [1.54, 1.807) is 0 Å². The Hall–Kier alpha value is -0.980. The molecule has 1 aromatic carbocycles. The van der Waals surface area contributed by atoms with Crippen molar-refractivity contribution in [3.8, 4) is 5.75 Å². The van der Waals surface area contributed by atoms with E-state index in [1.165, 1.54) is 25.7 Å². The Balaban J connectivity index is 2.28. The van der Waals surface area contributed by atoms with Crippen LogP contribution in [0.4, 0.5) is 0 Å². The molecule has 0 N–H and O–H groups in total. The molecule has 0 aliphatic heterocycles. The van der Waals surface area contributed by atoms with E-state index in [2.05, 4.69) is 19.9 Å². The van der Waals surface area contributed by atoms with Crippen LogP contribution in [0, 0.1) is 12.0 Å². The summed E-state index contributed by atoms with van der Waals surface area (Å²) in [7, 11) is 0. The summed E-state index contributed by atoms with van der Waals surface area (Å²) in [5, 5.41) is 0. The molecule has 1 aromatic rings. The van der Waals surface area contributed by atoms with Crippen molar-refractivity contribution in [3.63, 3.8) is 0 Å². The zero-order chi connectivity index (χ0) is 10.9. The highest BCUT2D eigenvalue weighted by Crippen LogP contribution is 2.15. The lowest BCUT2D eigenvalue weighted by Gasteiger charge is -2.15. The molecule has 0 bridgehead atoms. The van der Waals surface area contributed by atoms with E-state index in [-0.39, 0.29) is 0 Å². The molecule has 1 radical (unpaired) electrons. The fraction of sp³-hybridized carbons (Fsp3) is 0.571. The van der Waals surface area contributed by atoms with E-state index in [0.717, 1.165) is 12.4 Å². The van der Waals surface area contributed by atoms with Crippen molar-refractivity contribution < 1.29 is 4.74 Å². The van der Waals surface area contributed by atoms with Gasteiger partial charge in [-0.05, 0) is 30.5 Å². The number of hydrogen-bond donors (Lipinski definition) is 0. The highest BCUT2D eigenvalue weighted by atomic mass is 16.5. The smallest absolute Gasteiger partial charge is 0.119 e. The van der Waals surface area contributed by atoms with Gasteiger partial charge in [0.2, 0.25) is 0 Å². The minimum absolute atomic E-state index is 0.703. The number of rotatable bonds is 7. The molecule has 0 aliphatic carbocycles. The number of hydrogen-bond acceptors (Lipinski definition) is 1. The second-order valence-corrected chi connectivity index (χ2v) is 3.96. The normalized spacial score (nSPS) is 12.4. The van der Waals surface area contributed by atoms with E-state index < -0.39 is 0 Å². The fourth-order valence-corrected chi connectivity index (χ4v) is 1.58. The molecule has 1 atom stereocenters. The molecule has 0 saturated heterocycles. The minimum Gasteiger partial charge on any atom is -0.493 e. The molecule has 15 heavy (non-hydrogen) atoms. The lowest BCUT2D eigenvalue weighted by molar-refractivity contribution is 0.233. The zero-order valence-corrected chi connectivity index (χ0v) is 9.83. The van der Waals surface area contributed by atoms with Crippen LogP contribution in [0.3, 0.4) is 0 Å². The Morgan fingerprint density at radius 2 is 2.00 bits per heavy atom. The Labute approximate surface area is 93.5 Å². The Morgan fingerprint density at radius 1 is 1.27 bits per heavy atom. The van der Waals surface area contributed by atoms with Crippen LogP contribution in [0.15, 0.2) is 24.3 Å². The second kappa shape index (κ2) is 7.33. The maximum atomic E-state index is 5.74. The first-order chi connectivity index (χ1) is 7.36. The van der Waals surface area contributed by atoms with E-state index in [1.807, 2.05) is 24.3 Å². The lowest BCUT2D eigenvalue weighted by atomic mass is 10.0. The van der Waals surface area contributed by atoms with Gasteiger partial charge >= 0.3 is 0 Å². The van der Waals surface area contributed by atoms with Crippen molar-refractivity contribution >= 4 is 0 Å². The standard InChI is InChI=1S/C14H21O/c1-3-5-9-13(4-2)12-15-14-10-7-6-8-11-14/h7-8,10-11,13H,3-5,9,12H2,1-2H3. The van der Waals surface area contributed by atoms with Gasteiger partial charge in [0.1, 0.15) is 5.75 Å². The van der Waals surface area contributed by atoms with Crippen molar-refractivity contribution in [2.24, 2.45) is 5.92 Å². The molecular weight excluding hydrogens is 184 g/mol. The predicted octanol–water partition coefficient (Wildman–Crippen LogP) is 4.08. The van der Waals surface area contributed by atoms with Crippen LogP contribution in [-0.2, 0) is 0 Å². The Morgan fingerprint density at radius 3 is 2.60 bits per heavy atom. The predicted molar refractivity (Wildman–Crippen MR) is 64.1 cm³/mol. The van der Waals surface area contributed by atoms with Crippen LogP contribution >= 0.6 is 0 Å². The monoisotopic (exact) mass is 205 g/mol. The van der Waals surface area contributed by atoms with Crippen molar-refractivity contribution in [2.75, 3.05) is 6.61 Å². The van der Waals surface area contributed by atoms with Crippen LogP contribution in [0.2, 0.25) is 0 Å². The zero-order valence-electron chi connectivity index (χ0n) is 9.83. The first-order valence-electron chi connectivity index (χ1n) is 5.95. The van der Waals surface area contributed by atoms with Crippen LogP contribution in [0.5, 0.6) is 5.75 Å². The van der Waals surface area contributed by atoms with Crippen LogP contribution in [0.25, 0.3) is 0 Å². The molecule has 0 aromatic heterocycles. The molecule has 1 rings (SSSR count). The summed E-state index contributed by atoms with van der Waals surface area (Å²) in [6.45, 7) is 5.32. The van der Waals surface area contributed by atoms with Gasteiger partial charge in [0.25, 0.3) is 0 Å². The van der Waals surface area contributed by atoms with E-state index in [0.29, 0.717) is 5.92 Å². The van der Waals surface area contributed by atoms with E-state index in [9.17, 15) is 0 Å². The van der Waals surface area contributed by atoms with Gasteiger partial charge in [0.15, 0.2) is 0 Å². The average molecular weight is 205 g/mol. The van der Waals surface area contributed by atoms with Gasteiger partial charge < -0.3 is 4.74 Å². The summed E-state index contributed by atoms with van der Waals surface area (Å²) in [5.74, 6) is 1.66. The van der Waals surface area contributed by atoms with Crippen molar-refractivity contribution in [1.82, 2.24) is 0 Å². The summed E-state index contributed by atoms with van der Waals surface area (Å²) in [5.41, 5.74) is 0. The van der Waals surface area contributed by atoms with Gasteiger partial charge in [-0.1, -0.05) is 45.2 Å². The summed E-state index contributed by atoms with van der Waals surface area (Å²) in [4.78, 5) is 0. The maximum absolute atomic E-state index is 5.74. The largest absolute Gasteiger partial charge is 0.493 e. The number of ether oxygens (including phenoxy) is 1. The Bertz CT molecular complexity index is 243. The van der Waals surface area contributed by atoms with Crippen LogP contribution in [-0.4, -0.2) is 6.61 Å². The summed E-state index contributed by atoms with van der Waals surface area (Å²) >= 11 is 0. The van der Waals surface area contributed by atoms with Crippen LogP contribution < -0.4 is 4.74 Å². The average Bonchev–Trinajstić information content (AvgIpc) is 2.31. The van der Waals surface area contributed by atoms with Crippen LogP contribution in [0.1, 0.15) is 39.5 Å². The van der Waals surface area contributed by atoms with Crippen molar-refractivity contribution in [1.29, 1.82) is 0 Å². The van der Waals surface area contributed by atoms with Crippen molar-refractivity contribution in [2.45, 2.75) is 39.5 Å². The summed E-state index contributed by atoms with van der Waals surface area (Å²) in [6, 6.07) is 10.7. The molecule has 1 heteroatoms. The van der Waals surface area contributed by atoms with Gasteiger partial charge in [0.05, 0.1) is 6.61 Å². The van der Waals surface area contributed by atoms with Gasteiger partial charge in [-0.3, -0.25) is 0 Å². The van der Waals surface area contributed by atoms with Gasteiger partial charge in [-0.15, -0.1) is 0 Å². The molecular formula is C14H21O. The minimum atomic E-state index is 0.703. The fourth-order valence-electron chi connectivity index (χ4n) is 1.58. The third kappa shape index (κ3) is 4.87. The SMILES string of the molecule is CCCCC(CC)COc1cc[c]cc1. The number of unbranched alkanes of at least 4 members (excludes halogenated alkanes) is 1. The maximum Gasteiger partial charge on any atom is 0.119 e. The van der Waals surface area contributed by atoms with Gasteiger partial charge in [-0.2, -0.15) is 0 Å². The van der Waals surface area contributed by atoms with E-state index >= 15 is 0 Å². The second-order valence-electron chi connectivity index (χ2n) is 3.96. The lowest BCUT2D eigenvalue weighted by Crippen LogP contribution is -2.11.